The molecule has 0 heterocycles. The van der Waals surface area contributed by atoms with Crippen molar-refractivity contribution in [3.63, 3.8) is 0 Å². The molecule has 3 nitrogen and oxygen atoms in total. The van der Waals surface area contributed by atoms with Gasteiger partial charge in [0.1, 0.15) is 5.41 Å². The molecule has 0 aromatic heterocycles. The van der Waals surface area contributed by atoms with Gasteiger partial charge in [-0.05, 0) is 19.6 Å². The van der Waals surface area contributed by atoms with E-state index in [2.05, 4.69) is 0 Å². The van der Waals surface area contributed by atoms with Crippen LogP contribution < -0.4 is 5.73 Å². The lowest BCUT2D eigenvalue weighted by atomic mass is 10.4. The minimum atomic E-state index is -0.273. The van der Waals surface area contributed by atoms with Crippen LogP contribution in [0.15, 0.2) is 0 Å². The van der Waals surface area contributed by atoms with Crippen molar-refractivity contribution in [1.29, 1.82) is 0 Å². The molecule has 0 aromatic carbocycles. The van der Waals surface area contributed by atoms with E-state index < -0.39 is 0 Å². The van der Waals surface area contributed by atoms with Crippen molar-refractivity contribution >= 4 is 22.0 Å². The lowest BCUT2D eigenvalue weighted by Gasteiger charge is -2.29. The predicted molar refractivity (Wildman–Crippen MR) is 66.9 cm³/mol. The monoisotopic (exact) mass is 237 g/mol. The Morgan fingerprint density at radius 2 is 1.79 bits per heavy atom. The Morgan fingerprint density at radius 1 is 1.21 bits per heavy atom. The van der Waals surface area contributed by atoms with Gasteiger partial charge in [0, 0.05) is 31.9 Å². The van der Waals surface area contributed by atoms with Gasteiger partial charge in [0.05, 0.1) is 10.2 Å². The average molecular weight is 237 g/mol. The molecule has 5 heteroatoms. The Hall–Kier alpha value is 0.447. The molecule has 0 aliphatic carbocycles. The highest BCUT2D eigenvalue weighted by Gasteiger charge is 2.23. The summed E-state index contributed by atoms with van der Waals surface area (Å²) in [6, 6.07) is 0. The molecule has 0 aliphatic heterocycles. The Kier molecular flexibility index (Phi) is 9.01. The fraction of sp³-hybridized carbons (Fsp3) is 1.00. The molecule has 0 saturated carbocycles. The lowest BCUT2D eigenvalue weighted by molar-refractivity contribution is -0.173. The number of rotatable bonds is 9. The first-order chi connectivity index (χ1) is 6.68. The van der Waals surface area contributed by atoms with Crippen LogP contribution in [0, 0.1) is 0 Å². The molecule has 0 spiro atoms. The van der Waals surface area contributed by atoms with E-state index >= 15 is 0 Å². The maximum absolute atomic E-state index is 5.65. The van der Waals surface area contributed by atoms with E-state index in [1.54, 1.807) is 0 Å². The third-order valence-corrected chi connectivity index (χ3v) is 3.96. The summed E-state index contributed by atoms with van der Waals surface area (Å²) < 4.78 is 11.3. The minimum absolute atomic E-state index is 0.273. The maximum Gasteiger partial charge on any atom is 0.142 e. The number of hydrogen-bond donors (Lipinski definition) is 1. The van der Waals surface area contributed by atoms with E-state index in [1.165, 1.54) is 0 Å². The van der Waals surface area contributed by atoms with E-state index in [4.69, 9.17) is 15.2 Å². The smallest absolute Gasteiger partial charge is 0.142 e. The molecule has 0 radical (unpaired) electrons. The van der Waals surface area contributed by atoms with Gasteiger partial charge in [-0.15, -0.1) is 0 Å². The first-order valence-corrected chi connectivity index (χ1v) is 7.39. The third kappa shape index (κ3) is 6.84. The standard InChI is InChI=1S/C9H23NO2SSi/c1-3-11-9(14,12-4-2)5-7-13-8-6-10/h3-8,10H2,1-2,14H3. The fourth-order valence-electron chi connectivity index (χ4n) is 1.24. The van der Waals surface area contributed by atoms with E-state index in [0.717, 1.165) is 47.9 Å². The zero-order valence-electron chi connectivity index (χ0n) is 9.54. The highest BCUT2D eigenvalue weighted by Crippen LogP contribution is 2.17. The summed E-state index contributed by atoms with van der Waals surface area (Å²) in [4.78, 5) is 0. The average Bonchev–Trinajstić information content (AvgIpc) is 2.13. The highest BCUT2D eigenvalue weighted by molar-refractivity contribution is 7.99. The van der Waals surface area contributed by atoms with Crippen molar-refractivity contribution in [2.75, 3.05) is 31.3 Å². The first kappa shape index (κ1) is 14.4. The summed E-state index contributed by atoms with van der Waals surface area (Å²) in [5.74, 6) is 2.09. The van der Waals surface area contributed by atoms with Gasteiger partial charge in [0.2, 0.25) is 0 Å². The second kappa shape index (κ2) is 8.73. The number of thioether (sulfide) groups is 1. The molecule has 0 saturated heterocycles. The summed E-state index contributed by atoms with van der Waals surface area (Å²) in [5.41, 5.74) is 5.15. The molecular weight excluding hydrogens is 214 g/mol. The number of ether oxygens (including phenoxy) is 2. The van der Waals surface area contributed by atoms with E-state index in [0.29, 0.717) is 0 Å². The number of hydrogen-bond acceptors (Lipinski definition) is 4. The quantitative estimate of drug-likeness (QED) is 0.352. The number of nitrogens with two attached hydrogens (primary N) is 1. The molecule has 0 fully saturated rings. The zero-order valence-corrected chi connectivity index (χ0v) is 12.4. The summed E-state index contributed by atoms with van der Waals surface area (Å²) in [6.07, 6.45) is 0.978. The molecule has 0 rings (SSSR count). The van der Waals surface area contributed by atoms with Crippen molar-refractivity contribution in [2.45, 2.75) is 25.7 Å². The van der Waals surface area contributed by atoms with Crippen LogP contribution in [0.4, 0.5) is 0 Å². The summed E-state index contributed by atoms with van der Waals surface area (Å²) in [5, 5.41) is 0. The molecule has 14 heavy (non-hydrogen) atoms. The van der Waals surface area contributed by atoms with Crippen LogP contribution in [0.2, 0.25) is 0 Å². The molecule has 2 N–H and O–H groups in total. The van der Waals surface area contributed by atoms with Crippen LogP contribution in [0.3, 0.4) is 0 Å². The van der Waals surface area contributed by atoms with Gasteiger partial charge in [-0.3, -0.25) is 0 Å². The second-order valence-corrected chi connectivity index (χ2v) is 5.90. The van der Waals surface area contributed by atoms with Gasteiger partial charge >= 0.3 is 0 Å². The van der Waals surface area contributed by atoms with E-state index in [-0.39, 0.29) is 5.41 Å². The first-order valence-electron chi connectivity index (χ1n) is 5.24. The zero-order chi connectivity index (χ0) is 10.9. The molecule has 0 atom stereocenters. The second-order valence-electron chi connectivity index (χ2n) is 3.15. The largest absolute Gasteiger partial charge is 0.355 e. The van der Waals surface area contributed by atoms with Crippen molar-refractivity contribution < 1.29 is 9.47 Å². The summed E-state index contributed by atoms with van der Waals surface area (Å²) >= 11 is 1.87. The van der Waals surface area contributed by atoms with Crippen molar-refractivity contribution in [3.8, 4) is 0 Å². The van der Waals surface area contributed by atoms with Gasteiger partial charge in [0.25, 0.3) is 0 Å². The van der Waals surface area contributed by atoms with Gasteiger partial charge in [-0.1, -0.05) is 0 Å². The Balaban J connectivity index is 3.71. The van der Waals surface area contributed by atoms with Crippen LogP contribution in [0.5, 0.6) is 0 Å². The van der Waals surface area contributed by atoms with Gasteiger partial charge in [0.15, 0.2) is 0 Å². The van der Waals surface area contributed by atoms with Gasteiger partial charge in [-0.25, -0.2) is 0 Å². The SMILES string of the molecule is CCOC([SiH3])(CCSCCN)OCC. The summed E-state index contributed by atoms with van der Waals surface area (Å²) in [6.45, 7) is 6.23. The molecule has 0 amide bonds. The molecular formula is C9H23NO2SSi. The normalized spacial score (nSPS) is 12.2. The fourth-order valence-corrected chi connectivity index (χ4v) is 3.32. The molecule has 0 bridgehead atoms. The van der Waals surface area contributed by atoms with E-state index in [1.807, 2.05) is 25.6 Å². The van der Waals surface area contributed by atoms with Crippen LogP contribution in [-0.4, -0.2) is 46.9 Å². The topological polar surface area (TPSA) is 44.5 Å². The minimum Gasteiger partial charge on any atom is -0.355 e. The Morgan fingerprint density at radius 3 is 2.21 bits per heavy atom. The van der Waals surface area contributed by atoms with Crippen LogP contribution in [-0.2, 0) is 9.47 Å². The Labute approximate surface area is 94.5 Å². The molecule has 0 unspecified atom stereocenters. The van der Waals surface area contributed by atoms with Crippen molar-refractivity contribution in [1.82, 2.24) is 0 Å². The Bertz CT molecular complexity index is 132. The molecule has 0 aliphatic rings. The molecule has 0 aromatic rings. The van der Waals surface area contributed by atoms with Crippen LogP contribution in [0.1, 0.15) is 20.3 Å². The summed E-state index contributed by atoms with van der Waals surface area (Å²) in [7, 11) is 0.917. The van der Waals surface area contributed by atoms with Gasteiger partial charge in [-0.2, -0.15) is 11.8 Å². The third-order valence-electron chi connectivity index (χ3n) is 1.86. The van der Waals surface area contributed by atoms with Crippen LogP contribution in [0.25, 0.3) is 0 Å². The van der Waals surface area contributed by atoms with Crippen molar-refractivity contribution in [2.24, 2.45) is 5.73 Å². The maximum atomic E-state index is 5.65. The highest BCUT2D eigenvalue weighted by atomic mass is 32.2. The van der Waals surface area contributed by atoms with Crippen molar-refractivity contribution in [3.05, 3.63) is 0 Å². The predicted octanol–water partition coefficient (Wildman–Crippen LogP) is 0.161. The lowest BCUT2D eigenvalue weighted by Crippen LogP contribution is -2.37. The van der Waals surface area contributed by atoms with Crippen LogP contribution >= 0.6 is 11.8 Å². The van der Waals surface area contributed by atoms with Gasteiger partial charge < -0.3 is 15.2 Å². The van der Waals surface area contributed by atoms with E-state index in [9.17, 15) is 0 Å². The molecule has 86 valence electrons.